The number of hydrogen-bond donors (Lipinski definition) is 2. The van der Waals surface area contributed by atoms with E-state index in [0.717, 1.165) is 35.2 Å². The number of hydrogen-bond acceptors (Lipinski definition) is 4. The highest BCUT2D eigenvalue weighted by Gasteiger charge is 2.20. The molecule has 112 valence electrons. The number of carboxylic acids is 1. The van der Waals surface area contributed by atoms with Crippen LogP contribution in [0.5, 0.6) is 5.88 Å². The number of methoxy groups -OCH3 is 1. The molecule has 0 radical (unpaired) electrons. The molecule has 0 bridgehead atoms. The molecule has 0 unspecified atom stereocenters. The maximum Gasteiger partial charge on any atom is 0.320 e. The molecule has 2 N–H and O–H groups in total. The largest absolute Gasteiger partial charge is 0.481 e. The second kappa shape index (κ2) is 7.24. The number of carbonyl (C=O) groups is 1. The van der Waals surface area contributed by atoms with Gasteiger partial charge in [0.05, 0.1) is 7.11 Å². The lowest BCUT2D eigenvalue weighted by molar-refractivity contribution is -0.139. The van der Waals surface area contributed by atoms with Crippen molar-refractivity contribution in [2.45, 2.75) is 18.9 Å². The minimum Gasteiger partial charge on any atom is -0.481 e. The standard InChI is InChI=1S/C10H8ClNO.C5H9NO2/c1-13-10-8-3-2-4-9(11)7(8)5-6-12-10;7-5(8)4-2-1-3-6-4/h2-6H,1H3;4,6H,1-3H2,(H,7,8)/t;4-/m.0/s1. The fourth-order valence-electron chi connectivity index (χ4n) is 2.20. The van der Waals surface area contributed by atoms with Gasteiger partial charge in [0.25, 0.3) is 0 Å². The van der Waals surface area contributed by atoms with Crippen molar-refractivity contribution in [3.05, 3.63) is 35.5 Å². The fraction of sp³-hybridized carbons (Fsp3) is 0.333. The first kappa shape index (κ1) is 15.5. The number of fused-ring (bicyclic) bond motifs is 1. The molecule has 0 saturated carbocycles. The highest BCUT2D eigenvalue weighted by atomic mass is 35.5. The first-order valence-electron chi connectivity index (χ1n) is 6.67. The third kappa shape index (κ3) is 3.83. The first-order valence-corrected chi connectivity index (χ1v) is 7.04. The van der Waals surface area contributed by atoms with Crippen LogP contribution < -0.4 is 10.1 Å². The number of nitrogens with zero attached hydrogens (tertiary/aromatic N) is 1. The molecule has 21 heavy (non-hydrogen) atoms. The van der Waals surface area contributed by atoms with Crippen LogP contribution >= 0.6 is 11.6 Å². The molecule has 2 aromatic rings. The monoisotopic (exact) mass is 308 g/mol. The molecule has 1 aromatic heterocycles. The van der Waals surface area contributed by atoms with Crippen LogP contribution in [0.25, 0.3) is 10.8 Å². The van der Waals surface area contributed by atoms with Crippen molar-refractivity contribution in [3.8, 4) is 5.88 Å². The van der Waals surface area contributed by atoms with Crippen molar-refractivity contribution in [3.63, 3.8) is 0 Å². The maximum absolute atomic E-state index is 10.1. The van der Waals surface area contributed by atoms with Gasteiger partial charge < -0.3 is 15.2 Å². The van der Waals surface area contributed by atoms with Crippen LogP contribution in [0.2, 0.25) is 5.02 Å². The summed E-state index contributed by atoms with van der Waals surface area (Å²) in [5.41, 5.74) is 0. The van der Waals surface area contributed by atoms with E-state index in [-0.39, 0.29) is 6.04 Å². The molecular weight excluding hydrogens is 292 g/mol. The van der Waals surface area contributed by atoms with Crippen LogP contribution in [0.1, 0.15) is 12.8 Å². The molecule has 0 amide bonds. The fourth-order valence-corrected chi connectivity index (χ4v) is 2.44. The van der Waals surface area contributed by atoms with E-state index in [9.17, 15) is 4.79 Å². The average Bonchev–Trinajstić information content (AvgIpc) is 3.02. The van der Waals surface area contributed by atoms with Gasteiger partial charge >= 0.3 is 5.97 Å². The van der Waals surface area contributed by atoms with Crippen LogP contribution in [0, 0.1) is 0 Å². The summed E-state index contributed by atoms with van der Waals surface area (Å²) < 4.78 is 5.11. The van der Waals surface area contributed by atoms with Crippen molar-refractivity contribution in [1.82, 2.24) is 10.3 Å². The van der Waals surface area contributed by atoms with Crippen LogP contribution in [0.15, 0.2) is 30.5 Å². The number of carboxylic acid groups (broad SMARTS) is 1. The van der Waals surface area contributed by atoms with E-state index < -0.39 is 5.97 Å². The predicted octanol–water partition coefficient (Wildman–Crippen LogP) is 2.72. The number of ether oxygens (including phenoxy) is 1. The Balaban J connectivity index is 0.000000173. The summed E-state index contributed by atoms with van der Waals surface area (Å²) in [6.07, 6.45) is 3.47. The molecule has 1 atom stereocenters. The Labute approximate surface area is 127 Å². The molecule has 2 heterocycles. The normalized spacial score (nSPS) is 17.1. The number of aliphatic carboxylic acids is 1. The molecule has 1 saturated heterocycles. The van der Waals surface area contributed by atoms with Crippen molar-refractivity contribution in [2.75, 3.05) is 13.7 Å². The number of nitrogens with one attached hydrogen (secondary N) is 1. The lowest BCUT2D eigenvalue weighted by Crippen LogP contribution is -2.29. The minimum absolute atomic E-state index is 0.269. The molecule has 5 nitrogen and oxygen atoms in total. The smallest absolute Gasteiger partial charge is 0.320 e. The SMILES string of the molecule is COc1nccc2c(Cl)cccc12.O=C(O)[C@@H]1CCCN1. The van der Waals surface area contributed by atoms with E-state index in [4.69, 9.17) is 21.4 Å². The van der Waals surface area contributed by atoms with Gasteiger partial charge in [-0.05, 0) is 37.6 Å². The summed E-state index contributed by atoms with van der Waals surface area (Å²) in [5.74, 6) is -0.109. The first-order chi connectivity index (χ1) is 10.1. The Hall–Kier alpha value is -1.85. The van der Waals surface area contributed by atoms with Gasteiger partial charge in [-0.2, -0.15) is 0 Å². The quantitative estimate of drug-likeness (QED) is 0.892. The number of benzene rings is 1. The van der Waals surface area contributed by atoms with Gasteiger partial charge in [-0.3, -0.25) is 4.79 Å². The molecule has 0 spiro atoms. The molecule has 0 aliphatic carbocycles. The Bertz CT molecular complexity index is 627. The highest BCUT2D eigenvalue weighted by Crippen LogP contribution is 2.28. The van der Waals surface area contributed by atoms with Crippen molar-refractivity contribution >= 4 is 28.3 Å². The molecule has 1 aromatic carbocycles. The van der Waals surface area contributed by atoms with E-state index >= 15 is 0 Å². The molecule has 1 fully saturated rings. The van der Waals surface area contributed by atoms with Gasteiger partial charge in [-0.15, -0.1) is 0 Å². The number of pyridine rings is 1. The number of aromatic nitrogens is 1. The third-order valence-electron chi connectivity index (χ3n) is 3.27. The van der Waals surface area contributed by atoms with E-state index in [1.165, 1.54) is 0 Å². The van der Waals surface area contributed by atoms with E-state index in [2.05, 4.69) is 10.3 Å². The zero-order valence-electron chi connectivity index (χ0n) is 11.7. The summed E-state index contributed by atoms with van der Waals surface area (Å²) in [6.45, 7) is 0.858. The number of rotatable bonds is 2. The van der Waals surface area contributed by atoms with Gasteiger partial charge in [-0.25, -0.2) is 4.98 Å². The van der Waals surface area contributed by atoms with Crippen LogP contribution in [0.4, 0.5) is 0 Å². The average molecular weight is 309 g/mol. The van der Waals surface area contributed by atoms with Gasteiger partial charge in [-0.1, -0.05) is 17.7 Å². The van der Waals surface area contributed by atoms with Gasteiger partial charge in [0.2, 0.25) is 5.88 Å². The lowest BCUT2D eigenvalue weighted by atomic mass is 10.2. The van der Waals surface area contributed by atoms with E-state index in [1.807, 2.05) is 24.3 Å². The van der Waals surface area contributed by atoms with Gasteiger partial charge in [0, 0.05) is 22.0 Å². The summed E-state index contributed by atoms with van der Waals surface area (Å²) in [4.78, 5) is 14.2. The topological polar surface area (TPSA) is 71.5 Å². The predicted molar refractivity (Wildman–Crippen MR) is 82.0 cm³/mol. The zero-order chi connectivity index (χ0) is 15.2. The minimum atomic E-state index is -0.720. The van der Waals surface area contributed by atoms with Crippen LogP contribution in [0.3, 0.4) is 0 Å². The Morgan fingerprint density at radius 1 is 1.43 bits per heavy atom. The molecule has 6 heteroatoms. The third-order valence-corrected chi connectivity index (χ3v) is 3.60. The van der Waals surface area contributed by atoms with Crippen molar-refractivity contribution in [1.29, 1.82) is 0 Å². The van der Waals surface area contributed by atoms with Crippen molar-refractivity contribution in [2.24, 2.45) is 0 Å². The van der Waals surface area contributed by atoms with Crippen LogP contribution in [-0.4, -0.2) is 35.8 Å². The summed E-state index contributed by atoms with van der Waals surface area (Å²) in [6, 6.07) is 7.28. The second-order valence-electron chi connectivity index (χ2n) is 4.64. The Morgan fingerprint density at radius 2 is 2.24 bits per heavy atom. The Morgan fingerprint density at radius 3 is 2.81 bits per heavy atom. The van der Waals surface area contributed by atoms with E-state index in [1.54, 1.807) is 13.3 Å². The summed E-state index contributed by atoms with van der Waals surface area (Å²) in [5, 5.41) is 13.8. The van der Waals surface area contributed by atoms with Crippen molar-refractivity contribution < 1.29 is 14.6 Å². The lowest BCUT2D eigenvalue weighted by Gasteiger charge is -2.04. The van der Waals surface area contributed by atoms with Gasteiger partial charge in [0.15, 0.2) is 0 Å². The molecule has 1 aliphatic rings. The van der Waals surface area contributed by atoms with E-state index in [0.29, 0.717) is 5.88 Å². The number of halogens is 1. The summed E-state index contributed by atoms with van der Waals surface area (Å²) >= 11 is 6.00. The maximum atomic E-state index is 10.1. The Kier molecular flexibility index (Phi) is 5.36. The molecule has 3 rings (SSSR count). The summed E-state index contributed by atoms with van der Waals surface area (Å²) in [7, 11) is 1.60. The van der Waals surface area contributed by atoms with Gasteiger partial charge in [0.1, 0.15) is 6.04 Å². The highest BCUT2D eigenvalue weighted by molar-refractivity contribution is 6.35. The van der Waals surface area contributed by atoms with Crippen LogP contribution in [-0.2, 0) is 4.79 Å². The second-order valence-corrected chi connectivity index (χ2v) is 5.05. The molecular formula is C15H17ClN2O3. The zero-order valence-corrected chi connectivity index (χ0v) is 12.4. The molecule has 1 aliphatic heterocycles.